The summed E-state index contributed by atoms with van der Waals surface area (Å²) in [6, 6.07) is 0. The van der Waals surface area contributed by atoms with Crippen LogP contribution in [0.3, 0.4) is 0 Å². The van der Waals surface area contributed by atoms with Gasteiger partial charge in [0.1, 0.15) is 9.90 Å². The first-order chi connectivity index (χ1) is 9.91. The van der Waals surface area contributed by atoms with Crippen molar-refractivity contribution in [2.45, 2.75) is 48.9 Å². The Bertz CT molecular complexity index is 615. The van der Waals surface area contributed by atoms with E-state index in [9.17, 15) is 13.5 Å². The molecular formula is C13H21N3O3S2. The fourth-order valence-corrected chi connectivity index (χ4v) is 5.96. The number of nitrogen functional groups attached to an aromatic ring is 1. The maximum absolute atomic E-state index is 12.5. The largest absolute Gasteiger partial charge is 0.393 e. The zero-order valence-corrected chi connectivity index (χ0v) is 13.7. The zero-order valence-electron chi connectivity index (χ0n) is 12.0. The van der Waals surface area contributed by atoms with Gasteiger partial charge >= 0.3 is 0 Å². The molecule has 0 aromatic carbocycles. The maximum Gasteiger partial charge on any atom is 0.187 e. The van der Waals surface area contributed by atoms with E-state index in [0.29, 0.717) is 5.00 Å². The molecule has 8 heteroatoms. The summed E-state index contributed by atoms with van der Waals surface area (Å²) in [5.41, 5.74) is 5.83. The summed E-state index contributed by atoms with van der Waals surface area (Å²) < 4.78 is 29.1. The Morgan fingerprint density at radius 1 is 1.33 bits per heavy atom. The second-order valence-electron chi connectivity index (χ2n) is 6.01. The standard InChI is InChI=1S/C13H21N3O3S2/c1-8(17)9-4-6-16(7-5-9)13-11(12(14)15-20-13)21(18,19)10-2-3-10/h8-10,17H,2-7H2,1H3,(H2,14,15). The molecule has 0 amide bonds. The summed E-state index contributed by atoms with van der Waals surface area (Å²) in [7, 11) is -3.33. The quantitative estimate of drug-likeness (QED) is 0.862. The third-order valence-corrected chi connectivity index (χ3v) is 7.79. The van der Waals surface area contributed by atoms with E-state index in [2.05, 4.69) is 9.27 Å². The minimum atomic E-state index is -3.33. The molecular weight excluding hydrogens is 310 g/mol. The summed E-state index contributed by atoms with van der Waals surface area (Å²) in [6.07, 6.45) is 2.85. The average Bonchev–Trinajstić information content (AvgIpc) is 3.22. The van der Waals surface area contributed by atoms with Crippen LogP contribution in [-0.2, 0) is 9.84 Å². The van der Waals surface area contributed by atoms with Gasteiger partial charge in [0.25, 0.3) is 0 Å². The number of anilines is 2. The Balaban J connectivity index is 1.84. The molecule has 1 saturated carbocycles. The Hall–Kier alpha value is -0.860. The van der Waals surface area contributed by atoms with Crippen molar-refractivity contribution in [1.82, 2.24) is 4.37 Å². The molecule has 1 aromatic rings. The highest BCUT2D eigenvalue weighted by Gasteiger charge is 2.42. The molecule has 2 heterocycles. The molecule has 1 aliphatic heterocycles. The van der Waals surface area contributed by atoms with E-state index < -0.39 is 9.84 Å². The van der Waals surface area contributed by atoms with Crippen LogP contribution in [0.25, 0.3) is 0 Å². The second kappa shape index (κ2) is 5.40. The second-order valence-corrected chi connectivity index (χ2v) is 8.93. The summed E-state index contributed by atoms with van der Waals surface area (Å²) in [4.78, 5) is 2.30. The summed E-state index contributed by atoms with van der Waals surface area (Å²) >= 11 is 1.17. The van der Waals surface area contributed by atoms with Crippen molar-refractivity contribution in [1.29, 1.82) is 0 Å². The van der Waals surface area contributed by atoms with Gasteiger partial charge in [-0.05, 0) is 50.1 Å². The Morgan fingerprint density at radius 2 is 1.95 bits per heavy atom. The number of aliphatic hydroxyl groups is 1. The van der Waals surface area contributed by atoms with Crippen molar-refractivity contribution < 1.29 is 13.5 Å². The van der Waals surface area contributed by atoms with Gasteiger partial charge < -0.3 is 15.7 Å². The minimum absolute atomic E-state index is 0.138. The number of sulfone groups is 1. The number of rotatable bonds is 4. The van der Waals surface area contributed by atoms with Crippen LogP contribution in [0.2, 0.25) is 0 Å². The molecule has 3 rings (SSSR count). The molecule has 1 aromatic heterocycles. The molecule has 0 radical (unpaired) electrons. The maximum atomic E-state index is 12.5. The van der Waals surface area contributed by atoms with Crippen LogP contribution in [0.1, 0.15) is 32.6 Å². The predicted molar refractivity (Wildman–Crippen MR) is 83.4 cm³/mol. The number of aliphatic hydroxyl groups excluding tert-OH is 1. The van der Waals surface area contributed by atoms with Crippen LogP contribution in [0.15, 0.2) is 4.90 Å². The molecule has 1 unspecified atom stereocenters. The minimum Gasteiger partial charge on any atom is -0.393 e. The number of hydrogen-bond acceptors (Lipinski definition) is 7. The first kappa shape index (κ1) is 15.1. The van der Waals surface area contributed by atoms with Gasteiger partial charge in [-0.3, -0.25) is 0 Å². The lowest BCUT2D eigenvalue weighted by molar-refractivity contribution is 0.110. The van der Waals surface area contributed by atoms with Crippen molar-refractivity contribution in [3.05, 3.63) is 0 Å². The molecule has 6 nitrogen and oxygen atoms in total. The van der Waals surface area contributed by atoms with Gasteiger partial charge in [0, 0.05) is 13.1 Å². The first-order valence-electron chi connectivity index (χ1n) is 7.33. The van der Waals surface area contributed by atoms with Gasteiger partial charge in [-0.15, -0.1) is 0 Å². The van der Waals surface area contributed by atoms with Gasteiger partial charge in [-0.1, -0.05) is 0 Å². The molecule has 0 bridgehead atoms. The van der Waals surface area contributed by atoms with Crippen molar-refractivity contribution in [3.8, 4) is 0 Å². The highest BCUT2D eigenvalue weighted by atomic mass is 32.2. The molecule has 0 spiro atoms. The summed E-state index contributed by atoms with van der Waals surface area (Å²) in [6.45, 7) is 3.29. The normalized spacial score (nSPS) is 22.5. The van der Waals surface area contributed by atoms with Gasteiger partial charge in [0.15, 0.2) is 15.7 Å². The lowest BCUT2D eigenvalue weighted by atomic mass is 9.92. The molecule has 1 aliphatic carbocycles. The average molecular weight is 331 g/mol. The number of nitrogens with zero attached hydrogens (tertiary/aromatic N) is 2. The van der Waals surface area contributed by atoms with Crippen LogP contribution in [0.4, 0.5) is 10.8 Å². The van der Waals surface area contributed by atoms with E-state index in [1.807, 2.05) is 6.92 Å². The highest BCUT2D eigenvalue weighted by Crippen LogP contribution is 2.43. The van der Waals surface area contributed by atoms with Gasteiger partial charge in [-0.2, -0.15) is 4.37 Å². The third-order valence-electron chi connectivity index (χ3n) is 4.41. The van der Waals surface area contributed by atoms with E-state index in [1.54, 1.807) is 0 Å². The van der Waals surface area contributed by atoms with E-state index in [1.165, 1.54) is 11.5 Å². The third kappa shape index (κ3) is 2.76. The Kier molecular flexibility index (Phi) is 3.87. The monoisotopic (exact) mass is 331 g/mol. The molecule has 2 fully saturated rings. The fraction of sp³-hybridized carbons (Fsp3) is 0.769. The molecule has 1 saturated heterocycles. The van der Waals surface area contributed by atoms with Crippen LogP contribution < -0.4 is 10.6 Å². The van der Waals surface area contributed by atoms with Gasteiger partial charge in [-0.25, -0.2) is 8.42 Å². The smallest absolute Gasteiger partial charge is 0.187 e. The van der Waals surface area contributed by atoms with Gasteiger partial charge in [0.2, 0.25) is 0 Å². The van der Waals surface area contributed by atoms with E-state index in [4.69, 9.17) is 5.73 Å². The van der Waals surface area contributed by atoms with Crippen LogP contribution in [0.5, 0.6) is 0 Å². The number of aromatic nitrogens is 1. The van der Waals surface area contributed by atoms with E-state index >= 15 is 0 Å². The molecule has 21 heavy (non-hydrogen) atoms. The lowest BCUT2D eigenvalue weighted by Gasteiger charge is -2.34. The van der Waals surface area contributed by atoms with Gasteiger partial charge in [0.05, 0.1) is 11.4 Å². The van der Waals surface area contributed by atoms with Crippen LogP contribution in [0, 0.1) is 5.92 Å². The van der Waals surface area contributed by atoms with Crippen molar-refractivity contribution >= 4 is 32.2 Å². The predicted octanol–water partition coefficient (Wildman–Crippen LogP) is 1.26. The number of hydrogen-bond donors (Lipinski definition) is 2. The highest BCUT2D eigenvalue weighted by molar-refractivity contribution is 7.92. The first-order valence-corrected chi connectivity index (χ1v) is 9.65. The lowest BCUT2D eigenvalue weighted by Crippen LogP contribution is -2.37. The van der Waals surface area contributed by atoms with E-state index in [-0.39, 0.29) is 28.0 Å². The zero-order chi connectivity index (χ0) is 15.2. The summed E-state index contributed by atoms with van der Waals surface area (Å²) in [5.74, 6) is 0.426. The van der Waals surface area contributed by atoms with Crippen LogP contribution in [-0.4, -0.2) is 42.3 Å². The molecule has 2 aliphatic rings. The van der Waals surface area contributed by atoms with Crippen molar-refractivity contribution in [3.63, 3.8) is 0 Å². The number of piperidine rings is 1. The summed E-state index contributed by atoms with van der Waals surface area (Å²) in [5, 5.41) is 10.1. The molecule has 3 N–H and O–H groups in total. The van der Waals surface area contributed by atoms with E-state index in [0.717, 1.165) is 38.8 Å². The van der Waals surface area contributed by atoms with Crippen molar-refractivity contribution in [2.24, 2.45) is 5.92 Å². The fourth-order valence-electron chi connectivity index (χ4n) is 2.88. The molecule has 118 valence electrons. The Labute approximate surface area is 129 Å². The van der Waals surface area contributed by atoms with Crippen LogP contribution >= 0.6 is 11.5 Å². The molecule has 1 atom stereocenters. The topological polar surface area (TPSA) is 96.5 Å². The Morgan fingerprint density at radius 3 is 2.48 bits per heavy atom. The van der Waals surface area contributed by atoms with Crippen molar-refractivity contribution in [2.75, 3.05) is 23.7 Å². The number of nitrogens with two attached hydrogens (primary N) is 1. The SMILES string of the molecule is CC(O)C1CCN(c2snc(N)c2S(=O)(=O)C2CC2)CC1.